The number of nitrogens with one attached hydrogen (secondary N) is 1. The van der Waals surface area contributed by atoms with Crippen molar-refractivity contribution in [2.75, 3.05) is 0 Å². The van der Waals surface area contributed by atoms with Gasteiger partial charge in [-0.05, 0) is 18.9 Å². The number of nitro groups is 1. The third-order valence-electron chi connectivity index (χ3n) is 3.60. The molecule has 0 bridgehead atoms. The average molecular weight is 305 g/mol. The van der Waals surface area contributed by atoms with Gasteiger partial charge in [-0.25, -0.2) is 0 Å². The highest BCUT2D eigenvalue weighted by Crippen LogP contribution is 2.29. The lowest BCUT2D eigenvalue weighted by molar-refractivity contribution is -0.384. The molecule has 3 N–H and O–H groups in total. The molecule has 1 heterocycles. The predicted octanol–water partition coefficient (Wildman–Crippen LogP) is 2.50. The summed E-state index contributed by atoms with van der Waals surface area (Å²) in [4.78, 5) is 22.3. The van der Waals surface area contributed by atoms with Gasteiger partial charge in [0.1, 0.15) is 5.76 Å². The molecule has 0 aliphatic carbocycles. The van der Waals surface area contributed by atoms with E-state index in [1.165, 1.54) is 18.4 Å². The fourth-order valence-corrected chi connectivity index (χ4v) is 2.19. The molecular weight excluding hydrogens is 286 g/mol. The molecule has 2 unspecified atom stereocenters. The zero-order chi connectivity index (χ0) is 16.4. The molecule has 0 radical (unpaired) electrons. The van der Waals surface area contributed by atoms with Crippen molar-refractivity contribution in [3.05, 3.63) is 40.3 Å². The van der Waals surface area contributed by atoms with Crippen LogP contribution in [0.5, 0.6) is 0 Å². The molecule has 0 aliphatic heterocycles. The SMILES string of the molecule is CC(NC(=O)C(N)C(C)C)c1occ2cc([N+](=O)[O-])ccc12. The summed E-state index contributed by atoms with van der Waals surface area (Å²) in [5.41, 5.74) is 5.81. The second-order valence-electron chi connectivity index (χ2n) is 5.63. The molecule has 0 fully saturated rings. The Bertz CT molecular complexity index is 708. The number of carbonyl (C=O) groups excluding carboxylic acids is 1. The van der Waals surface area contributed by atoms with Crippen molar-refractivity contribution in [2.24, 2.45) is 11.7 Å². The van der Waals surface area contributed by atoms with Gasteiger partial charge >= 0.3 is 0 Å². The van der Waals surface area contributed by atoms with Crippen molar-refractivity contribution in [3.63, 3.8) is 0 Å². The lowest BCUT2D eigenvalue weighted by Crippen LogP contribution is -2.44. The maximum atomic E-state index is 12.0. The van der Waals surface area contributed by atoms with Crippen molar-refractivity contribution in [3.8, 4) is 0 Å². The Morgan fingerprint density at radius 2 is 2.05 bits per heavy atom. The zero-order valence-corrected chi connectivity index (χ0v) is 12.7. The number of nitrogens with zero attached hydrogens (tertiary/aromatic N) is 1. The van der Waals surface area contributed by atoms with Crippen molar-refractivity contribution >= 4 is 22.4 Å². The molecule has 1 amide bonds. The fraction of sp³-hybridized carbons (Fsp3) is 0.400. The van der Waals surface area contributed by atoms with Crippen molar-refractivity contribution < 1.29 is 14.1 Å². The van der Waals surface area contributed by atoms with Gasteiger partial charge < -0.3 is 15.5 Å². The first kappa shape index (κ1) is 16.0. The second kappa shape index (κ2) is 6.15. The van der Waals surface area contributed by atoms with Gasteiger partial charge in [0.2, 0.25) is 5.91 Å². The minimum atomic E-state index is -0.593. The van der Waals surface area contributed by atoms with Gasteiger partial charge in [-0.1, -0.05) is 13.8 Å². The quantitative estimate of drug-likeness (QED) is 0.651. The molecule has 1 aromatic heterocycles. The molecule has 2 rings (SSSR count). The van der Waals surface area contributed by atoms with E-state index in [2.05, 4.69) is 5.32 Å². The molecular formula is C15H19N3O4. The molecule has 2 atom stereocenters. The van der Waals surface area contributed by atoms with E-state index in [1.54, 1.807) is 13.0 Å². The van der Waals surface area contributed by atoms with Gasteiger partial charge in [-0.3, -0.25) is 14.9 Å². The fourth-order valence-electron chi connectivity index (χ4n) is 2.19. The van der Waals surface area contributed by atoms with E-state index in [4.69, 9.17) is 10.2 Å². The van der Waals surface area contributed by atoms with E-state index < -0.39 is 11.0 Å². The Kier molecular flexibility index (Phi) is 4.46. The number of nitro benzene ring substituents is 1. The van der Waals surface area contributed by atoms with E-state index in [-0.39, 0.29) is 23.6 Å². The number of non-ortho nitro benzene ring substituents is 1. The highest BCUT2D eigenvalue weighted by Gasteiger charge is 2.22. The maximum absolute atomic E-state index is 12.0. The van der Waals surface area contributed by atoms with Gasteiger partial charge in [-0.15, -0.1) is 0 Å². The first-order valence-electron chi connectivity index (χ1n) is 7.02. The molecule has 0 aliphatic rings. The van der Waals surface area contributed by atoms with Gasteiger partial charge in [0.15, 0.2) is 0 Å². The Morgan fingerprint density at radius 1 is 1.36 bits per heavy atom. The van der Waals surface area contributed by atoms with Crippen LogP contribution in [0.2, 0.25) is 0 Å². The lowest BCUT2D eigenvalue weighted by atomic mass is 10.0. The summed E-state index contributed by atoms with van der Waals surface area (Å²) in [6, 6.07) is 3.50. The number of fused-ring (bicyclic) bond motifs is 1. The third-order valence-corrected chi connectivity index (χ3v) is 3.60. The largest absolute Gasteiger partial charge is 0.466 e. The van der Waals surface area contributed by atoms with Gasteiger partial charge in [0, 0.05) is 22.9 Å². The van der Waals surface area contributed by atoms with Crippen LogP contribution in [0, 0.1) is 16.0 Å². The van der Waals surface area contributed by atoms with Crippen LogP contribution in [-0.4, -0.2) is 16.9 Å². The lowest BCUT2D eigenvalue weighted by Gasteiger charge is -2.18. The van der Waals surface area contributed by atoms with Crippen LogP contribution < -0.4 is 11.1 Å². The number of nitrogens with two attached hydrogens (primary N) is 1. The minimum absolute atomic E-state index is 0.00151. The van der Waals surface area contributed by atoms with Gasteiger partial charge in [0.05, 0.1) is 23.3 Å². The molecule has 1 aromatic carbocycles. The van der Waals surface area contributed by atoms with E-state index >= 15 is 0 Å². The molecule has 7 heteroatoms. The summed E-state index contributed by atoms with van der Waals surface area (Å²) in [6.07, 6.45) is 1.45. The first-order chi connectivity index (χ1) is 10.3. The molecule has 0 saturated carbocycles. The Labute approximate surface area is 127 Å². The summed E-state index contributed by atoms with van der Waals surface area (Å²) in [7, 11) is 0. The third kappa shape index (κ3) is 3.09. The molecule has 0 saturated heterocycles. The number of hydrogen-bond acceptors (Lipinski definition) is 5. The summed E-state index contributed by atoms with van der Waals surface area (Å²) < 4.78 is 5.47. The second-order valence-corrected chi connectivity index (χ2v) is 5.63. The average Bonchev–Trinajstić information content (AvgIpc) is 2.88. The summed E-state index contributed by atoms with van der Waals surface area (Å²) in [6.45, 7) is 5.53. The molecule has 2 aromatic rings. The summed E-state index contributed by atoms with van der Waals surface area (Å²) >= 11 is 0. The van der Waals surface area contributed by atoms with Crippen LogP contribution >= 0.6 is 0 Å². The number of amides is 1. The van der Waals surface area contributed by atoms with Crippen LogP contribution in [0.3, 0.4) is 0 Å². The number of carbonyl (C=O) groups is 1. The number of furan rings is 1. The van der Waals surface area contributed by atoms with Crippen molar-refractivity contribution in [1.82, 2.24) is 5.32 Å². The van der Waals surface area contributed by atoms with Crippen LogP contribution in [0.25, 0.3) is 10.8 Å². The van der Waals surface area contributed by atoms with Gasteiger partial charge in [0.25, 0.3) is 5.69 Å². The normalized spacial score (nSPS) is 14.0. The Hall–Kier alpha value is -2.41. The van der Waals surface area contributed by atoms with Crippen molar-refractivity contribution in [1.29, 1.82) is 0 Å². The van der Waals surface area contributed by atoms with Crippen LogP contribution in [0.4, 0.5) is 5.69 Å². The monoisotopic (exact) mass is 305 g/mol. The minimum Gasteiger partial charge on any atom is -0.466 e. The molecule has 22 heavy (non-hydrogen) atoms. The molecule has 7 nitrogen and oxygen atoms in total. The summed E-state index contributed by atoms with van der Waals surface area (Å²) in [5.74, 6) is 0.325. The zero-order valence-electron chi connectivity index (χ0n) is 12.7. The van der Waals surface area contributed by atoms with Crippen LogP contribution in [0.15, 0.2) is 28.9 Å². The van der Waals surface area contributed by atoms with E-state index in [0.29, 0.717) is 11.1 Å². The molecule has 118 valence electrons. The van der Waals surface area contributed by atoms with E-state index in [9.17, 15) is 14.9 Å². The Balaban J connectivity index is 2.24. The number of hydrogen-bond donors (Lipinski definition) is 2. The van der Waals surface area contributed by atoms with Crippen LogP contribution in [0.1, 0.15) is 32.6 Å². The predicted molar refractivity (Wildman–Crippen MR) is 82.2 cm³/mol. The summed E-state index contributed by atoms with van der Waals surface area (Å²) in [5, 5.41) is 14.9. The number of benzene rings is 1. The topological polar surface area (TPSA) is 111 Å². The highest BCUT2D eigenvalue weighted by atomic mass is 16.6. The van der Waals surface area contributed by atoms with Gasteiger partial charge in [-0.2, -0.15) is 0 Å². The van der Waals surface area contributed by atoms with E-state index in [1.807, 2.05) is 13.8 Å². The number of rotatable bonds is 5. The van der Waals surface area contributed by atoms with E-state index in [0.717, 1.165) is 5.39 Å². The smallest absolute Gasteiger partial charge is 0.270 e. The Morgan fingerprint density at radius 3 is 2.64 bits per heavy atom. The standard InChI is InChI=1S/C15H19N3O4/c1-8(2)13(16)15(19)17-9(3)14-12-5-4-11(18(20)21)6-10(12)7-22-14/h4-9,13H,16H2,1-3H3,(H,17,19). The van der Waals surface area contributed by atoms with Crippen LogP contribution in [-0.2, 0) is 4.79 Å². The maximum Gasteiger partial charge on any atom is 0.270 e. The first-order valence-corrected chi connectivity index (χ1v) is 7.02. The molecule has 0 spiro atoms. The highest BCUT2D eigenvalue weighted by molar-refractivity contribution is 5.87. The van der Waals surface area contributed by atoms with Crippen molar-refractivity contribution in [2.45, 2.75) is 32.9 Å².